The van der Waals surface area contributed by atoms with Crippen molar-refractivity contribution < 1.29 is 4.79 Å². The molecule has 2 aliphatic carbocycles. The van der Waals surface area contributed by atoms with Crippen molar-refractivity contribution in [3.05, 3.63) is 68.7 Å². The lowest BCUT2D eigenvalue weighted by Gasteiger charge is -2.38. The zero-order valence-corrected chi connectivity index (χ0v) is 27.2. The molecule has 1 spiro atoms. The zero-order chi connectivity index (χ0) is 30.5. The van der Waals surface area contributed by atoms with Crippen molar-refractivity contribution in [1.29, 1.82) is 0 Å². The summed E-state index contributed by atoms with van der Waals surface area (Å²) in [6.45, 7) is 7.04. The Kier molecular flexibility index (Phi) is 7.99. The van der Waals surface area contributed by atoms with Crippen LogP contribution >= 0.6 is 11.6 Å². The van der Waals surface area contributed by atoms with E-state index >= 15 is 0 Å². The Balaban J connectivity index is 0.969. The molecule has 1 N–H and O–H groups in total. The number of halogens is 1. The lowest BCUT2D eigenvalue weighted by Crippen LogP contribution is -2.49. The number of amides is 1. The highest BCUT2D eigenvalue weighted by Crippen LogP contribution is 2.52. The molecule has 8 rings (SSSR count). The second-order valence-electron chi connectivity index (χ2n) is 14.5. The minimum Gasteiger partial charge on any atom is -0.340 e. The number of rotatable bonds is 4. The molecule has 238 valence electrons. The molecule has 4 fully saturated rings. The standard InChI is InChI=1S/C37H46ClN5O2/c38-30-5-4-6-31-33(30)34(44)40-36-37(15-2-1-3-16-37)29-12-11-28(23-32(29)43(31)36)26-13-19-41(20-14-26)24-25-7-9-27(10-8-25)35(45)42-21-17-39-18-22-42/h4-6,11-12,23,25-27,39H,1-3,7-10,13-22,24H2. The minimum absolute atomic E-state index is 0.181. The van der Waals surface area contributed by atoms with Gasteiger partial charge in [-0.3, -0.25) is 14.2 Å². The van der Waals surface area contributed by atoms with Crippen LogP contribution in [0.5, 0.6) is 0 Å². The van der Waals surface area contributed by atoms with Crippen molar-refractivity contribution in [3.8, 4) is 5.69 Å². The molecule has 0 unspecified atom stereocenters. The van der Waals surface area contributed by atoms with Crippen LogP contribution in [0.4, 0.5) is 0 Å². The van der Waals surface area contributed by atoms with E-state index in [9.17, 15) is 9.59 Å². The number of carbonyl (C=O) groups is 1. The Bertz CT molecular complexity index is 1640. The van der Waals surface area contributed by atoms with Crippen LogP contribution in [0.25, 0.3) is 16.6 Å². The molecule has 0 bridgehead atoms. The van der Waals surface area contributed by atoms with E-state index < -0.39 is 0 Å². The molecule has 1 amide bonds. The van der Waals surface area contributed by atoms with Gasteiger partial charge in [0.25, 0.3) is 5.56 Å². The lowest BCUT2D eigenvalue weighted by atomic mass is 9.69. The Hall–Kier alpha value is -2.74. The zero-order valence-electron chi connectivity index (χ0n) is 26.4. The number of benzene rings is 2. The Morgan fingerprint density at radius 2 is 1.69 bits per heavy atom. The topological polar surface area (TPSA) is 70.5 Å². The van der Waals surface area contributed by atoms with Gasteiger partial charge in [-0.25, -0.2) is 0 Å². The van der Waals surface area contributed by atoms with Crippen molar-refractivity contribution in [1.82, 2.24) is 24.7 Å². The Morgan fingerprint density at radius 3 is 2.44 bits per heavy atom. The molecule has 5 aliphatic rings. The first-order valence-corrected chi connectivity index (χ1v) is 18.0. The van der Waals surface area contributed by atoms with Gasteiger partial charge in [-0.2, -0.15) is 4.98 Å². The number of piperazine rings is 1. The number of likely N-dealkylation sites (tertiary alicyclic amines) is 1. The van der Waals surface area contributed by atoms with E-state index in [0.717, 1.165) is 89.1 Å². The normalized spacial score (nSPS) is 25.4. The van der Waals surface area contributed by atoms with Crippen LogP contribution < -0.4 is 10.9 Å². The minimum atomic E-state index is -0.202. The van der Waals surface area contributed by atoms with E-state index in [1.165, 1.54) is 55.5 Å². The number of hydrogen-bond acceptors (Lipinski definition) is 5. The molecule has 45 heavy (non-hydrogen) atoms. The van der Waals surface area contributed by atoms with Crippen molar-refractivity contribution in [3.63, 3.8) is 0 Å². The summed E-state index contributed by atoms with van der Waals surface area (Å²) in [7, 11) is 0. The molecule has 1 aromatic heterocycles. The summed E-state index contributed by atoms with van der Waals surface area (Å²) in [5.41, 5.74) is 4.46. The molecule has 7 nitrogen and oxygen atoms in total. The fraction of sp³-hybridized carbons (Fsp3) is 0.595. The third-order valence-corrected chi connectivity index (χ3v) is 12.3. The van der Waals surface area contributed by atoms with Gasteiger partial charge in [-0.05, 0) is 106 Å². The Morgan fingerprint density at radius 1 is 0.933 bits per heavy atom. The van der Waals surface area contributed by atoms with Crippen LogP contribution in [0.2, 0.25) is 5.02 Å². The highest BCUT2D eigenvalue weighted by atomic mass is 35.5. The van der Waals surface area contributed by atoms with Gasteiger partial charge in [0.15, 0.2) is 0 Å². The number of hydrogen-bond donors (Lipinski definition) is 1. The number of nitrogens with zero attached hydrogens (tertiary/aromatic N) is 4. The second-order valence-corrected chi connectivity index (χ2v) is 14.9. The molecular weight excluding hydrogens is 582 g/mol. The highest BCUT2D eigenvalue weighted by molar-refractivity contribution is 6.35. The van der Waals surface area contributed by atoms with Crippen LogP contribution in [-0.4, -0.2) is 71.1 Å². The summed E-state index contributed by atoms with van der Waals surface area (Å²) in [5.74, 6) is 2.82. The van der Waals surface area contributed by atoms with E-state index in [-0.39, 0.29) is 16.9 Å². The predicted molar refractivity (Wildman–Crippen MR) is 180 cm³/mol. The molecule has 3 aliphatic heterocycles. The van der Waals surface area contributed by atoms with Gasteiger partial charge >= 0.3 is 0 Å². The van der Waals surface area contributed by atoms with Crippen molar-refractivity contribution in [2.75, 3.05) is 45.8 Å². The average molecular weight is 628 g/mol. The van der Waals surface area contributed by atoms with Crippen LogP contribution in [0.3, 0.4) is 0 Å². The average Bonchev–Trinajstić information content (AvgIpc) is 3.33. The lowest BCUT2D eigenvalue weighted by molar-refractivity contribution is -0.137. The number of aromatic nitrogens is 2. The van der Waals surface area contributed by atoms with Gasteiger partial charge in [0.05, 0.1) is 27.0 Å². The molecule has 3 aromatic rings. The van der Waals surface area contributed by atoms with Gasteiger partial charge in [-0.1, -0.05) is 49.1 Å². The van der Waals surface area contributed by atoms with Gasteiger partial charge in [-0.15, -0.1) is 0 Å². The molecule has 2 saturated heterocycles. The first-order valence-electron chi connectivity index (χ1n) is 17.6. The highest BCUT2D eigenvalue weighted by Gasteiger charge is 2.46. The summed E-state index contributed by atoms with van der Waals surface area (Å²) in [4.78, 5) is 35.9. The first kappa shape index (κ1) is 29.6. The Labute approximate surface area is 271 Å². The van der Waals surface area contributed by atoms with Gasteiger partial charge < -0.3 is 15.1 Å². The molecule has 0 radical (unpaired) electrons. The van der Waals surface area contributed by atoms with E-state index in [4.69, 9.17) is 16.6 Å². The number of carbonyl (C=O) groups excluding carboxylic acids is 1. The van der Waals surface area contributed by atoms with Crippen LogP contribution in [0.15, 0.2) is 41.2 Å². The molecule has 2 aromatic carbocycles. The van der Waals surface area contributed by atoms with Gasteiger partial charge in [0, 0.05) is 38.6 Å². The third kappa shape index (κ3) is 5.23. The molecule has 8 heteroatoms. The quantitative estimate of drug-likeness (QED) is 0.383. The van der Waals surface area contributed by atoms with E-state index in [1.807, 2.05) is 12.1 Å². The van der Waals surface area contributed by atoms with Crippen LogP contribution in [0, 0.1) is 11.8 Å². The fourth-order valence-corrected chi connectivity index (χ4v) is 9.75. The summed E-state index contributed by atoms with van der Waals surface area (Å²) >= 11 is 6.58. The number of fused-ring (bicyclic) bond motifs is 7. The SMILES string of the molecule is O=C(C1CCC(CN2CCC(c3ccc4c(c3)-n3c(nc(=O)c5c(Cl)cccc53)C43CCCCC3)CC2)CC1)N1CCNCC1. The maximum absolute atomic E-state index is 13.3. The summed E-state index contributed by atoms with van der Waals surface area (Å²) in [6, 6.07) is 13.0. The second kappa shape index (κ2) is 12.1. The van der Waals surface area contributed by atoms with E-state index in [0.29, 0.717) is 28.2 Å². The molecule has 4 heterocycles. The third-order valence-electron chi connectivity index (χ3n) is 12.0. The summed E-state index contributed by atoms with van der Waals surface area (Å²) in [6.07, 6.45) is 12.5. The van der Waals surface area contributed by atoms with Crippen molar-refractivity contribution in [2.45, 2.75) is 82.0 Å². The molecule has 0 atom stereocenters. The molecular formula is C37H46ClN5O2. The largest absolute Gasteiger partial charge is 0.340 e. The predicted octanol–water partition coefficient (Wildman–Crippen LogP) is 6.02. The number of nitrogens with one attached hydrogen (secondary N) is 1. The van der Waals surface area contributed by atoms with Gasteiger partial charge in [0.1, 0.15) is 5.82 Å². The van der Waals surface area contributed by atoms with Crippen molar-refractivity contribution in [2.24, 2.45) is 11.8 Å². The van der Waals surface area contributed by atoms with Crippen LogP contribution in [-0.2, 0) is 10.2 Å². The fourth-order valence-electron chi connectivity index (χ4n) is 9.50. The monoisotopic (exact) mass is 627 g/mol. The van der Waals surface area contributed by atoms with Crippen molar-refractivity contribution >= 4 is 28.4 Å². The maximum atomic E-state index is 13.3. The maximum Gasteiger partial charge on any atom is 0.282 e. The summed E-state index contributed by atoms with van der Waals surface area (Å²) < 4.78 is 2.28. The smallest absolute Gasteiger partial charge is 0.282 e. The molecule has 2 saturated carbocycles. The van der Waals surface area contributed by atoms with E-state index in [2.05, 4.69) is 37.9 Å². The first-order chi connectivity index (χ1) is 22.0. The van der Waals surface area contributed by atoms with Gasteiger partial charge in [0.2, 0.25) is 5.91 Å². The number of piperidine rings is 1. The van der Waals surface area contributed by atoms with Crippen LogP contribution in [0.1, 0.15) is 93.5 Å². The van der Waals surface area contributed by atoms with E-state index in [1.54, 1.807) is 6.07 Å². The summed E-state index contributed by atoms with van der Waals surface area (Å²) in [5, 5.41) is 4.37.